The van der Waals surface area contributed by atoms with Gasteiger partial charge in [-0.15, -0.1) is 0 Å². The van der Waals surface area contributed by atoms with Crippen LogP contribution in [0.1, 0.15) is 25.3 Å². The molecule has 0 aliphatic rings. The van der Waals surface area contributed by atoms with Gasteiger partial charge in [-0.2, -0.15) is 0 Å². The third-order valence-electron chi connectivity index (χ3n) is 4.71. The van der Waals surface area contributed by atoms with Crippen LogP contribution in [0, 0.1) is 0 Å². The number of urea groups is 1. The minimum Gasteiger partial charge on any atom is -0.383 e. The molecule has 0 aliphatic carbocycles. The van der Waals surface area contributed by atoms with E-state index in [1.165, 1.54) is 16.6 Å². The Morgan fingerprint density at radius 3 is 2.59 bits per heavy atom. The number of methoxy groups -OCH3 is 1. The van der Waals surface area contributed by atoms with E-state index in [0.29, 0.717) is 13.0 Å². The second kappa shape index (κ2) is 12.3. The lowest BCUT2D eigenvalue weighted by atomic mass is 10.2. The number of nitrogens with one attached hydrogen (secondary N) is 3. The molecule has 11 heteroatoms. The van der Waals surface area contributed by atoms with Gasteiger partial charge in [0, 0.05) is 26.7 Å². The number of benzene rings is 1. The highest BCUT2D eigenvalue weighted by molar-refractivity contribution is 5.96. The lowest BCUT2D eigenvalue weighted by Gasteiger charge is -2.25. The summed E-state index contributed by atoms with van der Waals surface area (Å²) in [5.41, 5.74) is 5.68. The summed E-state index contributed by atoms with van der Waals surface area (Å²) < 4.78 is 6.34. The van der Waals surface area contributed by atoms with Crippen molar-refractivity contribution in [1.29, 1.82) is 0 Å². The summed E-state index contributed by atoms with van der Waals surface area (Å²) in [7, 11) is 1.48. The molecular formula is C21H30N6O5. The third kappa shape index (κ3) is 6.98. The smallest absolute Gasteiger partial charge is 0.330 e. The van der Waals surface area contributed by atoms with Crippen LogP contribution in [0.5, 0.6) is 0 Å². The minimum absolute atomic E-state index is 0.0161. The van der Waals surface area contributed by atoms with Gasteiger partial charge in [0.15, 0.2) is 0 Å². The zero-order chi connectivity index (χ0) is 23.5. The molecule has 1 heterocycles. The molecule has 1 aromatic heterocycles. The number of nitrogen functional groups attached to an aromatic ring is 1. The molecule has 3 amide bonds. The van der Waals surface area contributed by atoms with E-state index >= 15 is 0 Å². The molecule has 5 N–H and O–H groups in total. The number of nitrogens with two attached hydrogens (primary N) is 1. The van der Waals surface area contributed by atoms with Crippen molar-refractivity contribution in [3.8, 4) is 0 Å². The van der Waals surface area contributed by atoms with Crippen molar-refractivity contribution in [2.45, 2.75) is 32.9 Å². The van der Waals surface area contributed by atoms with Crippen molar-refractivity contribution >= 4 is 23.4 Å². The first-order chi connectivity index (χ1) is 15.4. The molecule has 1 aromatic carbocycles. The van der Waals surface area contributed by atoms with Gasteiger partial charge in [0.2, 0.25) is 5.91 Å². The van der Waals surface area contributed by atoms with Crippen LogP contribution in [0.15, 0.2) is 39.9 Å². The van der Waals surface area contributed by atoms with Crippen LogP contribution in [-0.2, 0) is 22.6 Å². The van der Waals surface area contributed by atoms with Crippen molar-refractivity contribution < 1.29 is 14.3 Å². The Morgan fingerprint density at radius 2 is 1.94 bits per heavy atom. The first-order valence-electron chi connectivity index (χ1n) is 10.4. The van der Waals surface area contributed by atoms with Crippen molar-refractivity contribution in [2.24, 2.45) is 0 Å². The van der Waals surface area contributed by atoms with Crippen molar-refractivity contribution in [3.05, 3.63) is 56.7 Å². The first kappa shape index (κ1) is 24.7. The number of aromatic amines is 1. The van der Waals surface area contributed by atoms with E-state index in [0.717, 1.165) is 12.0 Å². The highest BCUT2D eigenvalue weighted by Gasteiger charge is 2.21. The number of nitrogens with zero attached hydrogens (tertiary/aromatic N) is 2. The molecule has 2 rings (SSSR count). The molecule has 0 bridgehead atoms. The Kier molecular flexibility index (Phi) is 9.48. The van der Waals surface area contributed by atoms with Gasteiger partial charge in [-0.3, -0.25) is 24.5 Å². The summed E-state index contributed by atoms with van der Waals surface area (Å²) in [6.07, 6.45) is 1.52. The molecule has 11 nitrogen and oxygen atoms in total. The number of amides is 3. The zero-order valence-electron chi connectivity index (χ0n) is 18.3. The maximum atomic E-state index is 12.5. The fourth-order valence-electron chi connectivity index (χ4n) is 3.05. The molecule has 0 saturated carbocycles. The summed E-state index contributed by atoms with van der Waals surface area (Å²) >= 11 is 0. The third-order valence-corrected chi connectivity index (χ3v) is 4.71. The average molecular weight is 447 g/mol. The van der Waals surface area contributed by atoms with Crippen LogP contribution < -0.4 is 32.5 Å². The summed E-state index contributed by atoms with van der Waals surface area (Å²) in [6.45, 7) is 2.56. The minimum atomic E-state index is -0.710. The molecule has 0 saturated heterocycles. The second-order valence-corrected chi connectivity index (χ2v) is 7.13. The Labute approximate surface area is 185 Å². The maximum Gasteiger partial charge on any atom is 0.330 e. The summed E-state index contributed by atoms with van der Waals surface area (Å²) in [6, 6.07) is 8.57. The fourth-order valence-corrected chi connectivity index (χ4v) is 3.05. The van der Waals surface area contributed by atoms with E-state index in [1.807, 2.05) is 37.3 Å². The van der Waals surface area contributed by atoms with E-state index in [-0.39, 0.29) is 37.7 Å². The second-order valence-electron chi connectivity index (χ2n) is 7.13. The topological polar surface area (TPSA) is 152 Å². The molecule has 0 fully saturated rings. The number of ether oxygens (including phenoxy) is 1. The van der Waals surface area contributed by atoms with Gasteiger partial charge in [-0.05, 0) is 12.0 Å². The number of hydrogen-bond donors (Lipinski definition) is 4. The quantitative estimate of drug-likeness (QED) is 0.390. The van der Waals surface area contributed by atoms with E-state index in [4.69, 9.17) is 10.5 Å². The predicted molar refractivity (Wildman–Crippen MR) is 122 cm³/mol. The van der Waals surface area contributed by atoms with Gasteiger partial charge < -0.3 is 20.7 Å². The predicted octanol–water partition coefficient (Wildman–Crippen LogP) is 0.398. The Balaban J connectivity index is 2.14. The van der Waals surface area contributed by atoms with E-state index in [2.05, 4.69) is 15.6 Å². The molecule has 0 atom stereocenters. The van der Waals surface area contributed by atoms with Crippen molar-refractivity contribution in [3.63, 3.8) is 0 Å². The van der Waals surface area contributed by atoms with Gasteiger partial charge in [0.05, 0.1) is 13.2 Å². The number of hydrogen-bond acceptors (Lipinski definition) is 7. The molecule has 32 heavy (non-hydrogen) atoms. The van der Waals surface area contributed by atoms with Crippen LogP contribution in [0.3, 0.4) is 0 Å². The summed E-state index contributed by atoms with van der Waals surface area (Å²) in [4.78, 5) is 52.9. The molecular weight excluding hydrogens is 416 g/mol. The number of imide groups is 1. The maximum absolute atomic E-state index is 12.5. The number of H-pyrrole nitrogens is 1. The normalized spacial score (nSPS) is 10.6. The number of carbonyl (C=O) groups excluding carboxylic acids is 2. The van der Waals surface area contributed by atoms with Gasteiger partial charge in [-0.1, -0.05) is 43.7 Å². The number of rotatable bonds is 11. The van der Waals surface area contributed by atoms with Crippen LogP contribution in [-0.4, -0.2) is 48.3 Å². The van der Waals surface area contributed by atoms with Crippen LogP contribution >= 0.6 is 0 Å². The fraction of sp³-hybridized carbons (Fsp3) is 0.429. The Hall–Kier alpha value is -3.60. The van der Waals surface area contributed by atoms with E-state index in [9.17, 15) is 19.2 Å². The van der Waals surface area contributed by atoms with Crippen LogP contribution in [0.4, 0.5) is 16.3 Å². The number of unbranched alkanes of at least 4 members (excludes halogenated alkanes) is 1. The standard InChI is InChI=1S/C21H30N6O5/c1-3-4-10-27-18(22)17(19(29)25-21(27)31)26(11-12-32-2)14-16(28)24-20(30)23-13-15-8-6-5-7-9-15/h5-9H,3-4,10-14,22H2,1-2H3,(H,25,29,31)(H2,23,24,28,30). The van der Waals surface area contributed by atoms with Gasteiger partial charge >= 0.3 is 11.7 Å². The first-order valence-corrected chi connectivity index (χ1v) is 10.4. The SMILES string of the molecule is CCCCn1c(N)c(N(CCOC)CC(=O)NC(=O)NCc2ccccc2)c(=O)[nH]c1=O. The lowest BCUT2D eigenvalue weighted by Crippen LogP contribution is -2.47. The molecule has 174 valence electrons. The highest BCUT2D eigenvalue weighted by atomic mass is 16.5. The van der Waals surface area contributed by atoms with E-state index in [1.54, 1.807) is 0 Å². The highest BCUT2D eigenvalue weighted by Crippen LogP contribution is 2.16. The molecule has 0 radical (unpaired) electrons. The number of carbonyl (C=O) groups is 2. The average Bonchev–Trinajstić information content (AvgIpc) is 2.76. The Morgan fingerprint density at radius 1 is 1.22 bits per heavy atom. The summed E-state index contributed by atoms with van der Waals surface area (Å²) in [5, 5.41) is 4.83. The zero-order valence-corrected chi connectivity index (χ0v) is 18.3. The largest absolute Gasteiger partial charge is 0.383 e. The monoisotopic (exact) mass is 446 g/mol. The summed E-state index contributed by atoms with van der Waals surface area (Å²) in [5.74, 6) is -0.679. The van der Waals surface area contributed by atoms with Crippen LogP contribution in [0.25, 0.3) is 0 Å². The Bertz CT molecular complexity index is 1020. The van der Waals surface area contributed by atoms with Crippen LogP contribution in [0.2, 0.25) is 0 Å². The molecule has 0 spiro atoms. The van der Waals surface area contributed by atoms with Gasteiger partial charge in [0.1, 0.15) is 11.5 Å². The van der Waals surface area contributed by atoms with Gasteiger partial charge in [0.25, 0.3) is 5.56 Å². The van der Waals surface area contributed by atoms with Crippen molar-refractivity contribution in [1.82, 2.24) is 20.2 Å². The van der Waals surface area contributed by atoms with Crippen molar-refractivity contribution in [2.75, 3.05) is 37.4 Å². The number of aromatic nitrogens is 2. The lowest BCUT2D eigenvalue weighted by molar-refractivity contribution is -0.118. The molecule has 0 aliphatic heterocycles. The number of anilines is 2. The van der Waals surface area contributed by atoms with Gasteiger partial charge in [-0.25, -0.2) is 9.59 Å². The molecule has 0 unspecified atom stereocenters. The van der Waals surface area contributed by atoms with E-state index < -0.39 is 23.2 Å². The molecule has 2 aromatic rings.